The smallest absolute Gasteiger partial charge is 0.429 e. The van der Waals surface area contributed by atoms with Crippen LogP contribution in [0.3, 0.4) is 0 Å². The van der Waals surface area contributed by atoms with Crippen molar-refractivity contribution in [2.75, 3.05) is 0 Å². The molecule has 0 aromatic heterocycles. The van der Waals surface area contributed by atoms with Crippen molar-refractivity contribution in [3.8, 4) is 56.0 Å². The van der Waals surface area contributed by atoms with Crippen LogP contribution in [0.2, 0.25) is 0 Å². The van der Waals surface area contributed by atoms with Gasteiger partial charge in [-0.1, -0.05) is 169 Å². The molecule has 1 saturated carbocycles. The SMILES string of the molecule is CCCCCC1CCC(c2ccc(-c3ccc(-c4ccc(CC)cc4)c(F)c3)cc2)CC1.CCCc1ccc(-c2cc(F)c(C(F)(F)Oc3cc(F)c(F)c(F)c3)c(F)c2)cc1.CCc1ccc(-c2cc(F)c(C(F)(F)Oc3cc(F)c(F)c(F)c3)c(F)c2)cc1. The van der Waals surface area contributed by atoms with Gasteiger partial charge < -0.3 is 9.47 Å². The van der Waals surface area contributed by atoms with Crippen LogP contribution in [-0.2, 0) is 31.5 Å². The van der Waals surface area contributed by atoms with E-state index >= 15 is 0 Å². The molecule has 478 valence electrons. The van der Waals surface area contributed by atoms with Gasteiger partial charge in [0, 0.05) is 29.8 Å². The van der Waals surface area contributed by atoms with E-state index in [0.29, 0.717) is 46.9 Å². The highest BCUT2D eigenvalue weighted by molar-refractivity contribution is 5.72. The average molecular weight is 1270 g/mol. The molecule has 1 aliphatic carbocycles. The molecule has 1 fully saturated rings. The molecule has 17 heteroatoms. The fourth-order valence-electron chi connectivity index (χ4n) is 11.0. The number of ether oxygens (including phenoxy) is 2. The highest BCUT2D eigenvalue weighted by Crippen LogP contribution is 2.42. The molecule has 0 amide bonds. The molecule has 0 aliphatic heterocycles. The van der Waals surface area contributed by atoms with Crippen molar-refractivity contribution in [1.29, 1.82) is 0 Å². The van der Waals surface area contributed by atoms with E-state index in [-0.39, 0.29) is 41.2 Å². The molecule has 0 atom stereocenters. The largest absolute Gasteiger partial charge is 0.432 e. The zero-order valence-corrected chi connectivity index (χ0v) is 50.2. The Hall–Kier alpha value is -8.47. The first kappa shape index (κ1) is 68.4. The van der Waals surface area contributed by atoms with E-state index in [1.807, 2.05) is 38.1 Å². The van der Waals surface area contributed by atoms with E-state index in [1.54, 1.807) is 54.6 Å². The molecular formula is C74H65F15O2. The summed E-state index contributed by atoms with van der Waals surface area (Å²) in [5.74, 6) is -18.2. The number of hydrogen-bond donors (Lipinski definition) is 0. The lowest BCUT2D eigenvalue weighted by Gasteiger charge is -2.29. The third-order valence-electron chi connectivity index (χ3n) is 16.0. The second-order valence-electron chi connectivity index (χ2n) is 22.3. The number of benzene rings is 9. The van der Waals surface area contributed by atoms with Gasteiger partial charge in [-0.2, -0.15) is 17.6 Å². The summed E-state index contributed by atoms with van der Waals surface area (Å²) in [7, 11) is 0. The van der Waals surface area contributed by atoms with Gasteiger partial charge in [-0.05, 0) is 148 Å². The van der Waals surface area contributed by atoms with Crippen molar-refractivity contribution in [2.45, 2.75) is 123 Å². The van der Waals surface area contributed by atoms with E-state index in [9.17, 15) is 65.9 Å². The molecular weight excluding hydrogens is 1210 g/mol. The van der Waals surface area contributed by atoms with E-state index in [0.717, 1.165) is 59.4 Å². The Kier molecular flexibility index (Phi) is 23.0. The molecule has 0 unspecified atom stereocenters. The number of alkyl halides is 4. The Morgan fingerprint density at radius 1 is 0.352 bits per heavy atom. The number of aryl methyl sites for hydroxylation is 3. The van der Waals surface area contributed by atoms with Crippen LogP contribution >= 0.6 is 0 Å². The maximum absolute atomic E-state index is 14.9. The predicted octanol–water partition coefficient (Wildman–Crippen LogP) is 23.4. The number of unbranched alkanes of at least 4 members (excludes halogenated alkanes) is 2. The Morgan fingerprint density at radius 2 is 0.714 bits per heavy atom. The normalized spacial score (nSPS) is 14.1. The maximum Gasteiger partial charge on any atom is 0.432 e. The standard InChI is InChI=1S/C31H37F.C22H15F7O.C21H13F7O/c1-3-5-6-7-24-10-12-25(13-11-24)26-16-18-27(19-17-26)29-20-21-30(31(32)22-29)28-14-8-23(4-2)9-15-28;1-2-3-12-4-6-13(7-5-12)14-8-16(23)20(17(24)9-14)22(28,29)30-15-10-18(25)21(27)19(26)11-15;1-2-11-3-5-12(6-4-11)13-7-15(22)19(16(23)8-13)21(27,28)29-14-9-17(24)20(26)18(25)10-14/h8-9,14-22,24-25H,3-7,10-13H2,1-2H3;4-11H,2-3H2,1H3;3-10H,2H2,1H3. The van der Waals surface area contributed by atoms with E-state index in [4.69, 9.17) is 0 Å². The Balaban J connectivity index is 0.000000176. The summed E-state index contributed by atoms with van der Waals surface area (Å²) in [4.78, 5) is 0. The van der Waals surface area contributed by atoms with Gasteiger partial charge in [0.05, 0.1) is 0 Å². The summed E-state index contributed by atoms with van der Waals surface area (Å²) in [5, 5.41) is 0. The third kappa shape index (κ3) is 17.3. The van der Waals surface area contributed by atoms with Crippen LogP contribution in [0.5, 0.6) is 11.5 Å². The first-order chi connectivity index (χ1) is 43.4. The first-order valence-electron chi connectivity index (χ1n) is 30.0. The lowest BCUT2D eigenvalue weighted by Crippen LogP contribution is -2.25. The molecule has 0 heterocycles. The molecule has 0 N–H and O–H groups in total. The van der Waals surface area contributed by atoms with Gasteiger partial charge in [0.2, 0.25) is 0 Å². The third-order valence-corrected chi connectivity index (χ3v) is 16.0. The number of hydrogen-bond acceptors (Lipinski definition) is 2. The highest BCUT2D eigenvalue weighted by atomic mass is 19.3. The topological polar surface area (TPSA) is 18.5 Å². The Bertz CT molecular complexity index is 3810. The van der Waals surface area contributed by atoms with Gasteiger partial charge >= 0.3 is 12.2 Å². The van der Waals surface area contributed by atoms with E-state index < -0.39 is 93.0 Å². The van der Waals surface area contributed by atoms with Crippen LogP contribution in [0, 0.1) is 69.9 Å². The van der Waals surface area contributed by atoms with Gasteiger partial charge in [0.25, 0.3) is 0 Å². The van der Waals surface area contributed by atoms with Crippen LogP contribution in [-0.4, -0.2) is 0 Å². The Labute approximate surface area is 519 Å². The van der Waals surface area contributed by atoms with Crippen molar-refractivity contribution < 1.29 is 75.3 Å². The minimum absolute atomic E-state index is 0.0149. The monoisotopic (exact) mass is 1270 g/mol. The van der Waals surface area contributed by atoms with Crippen LogP contribution < -0.4 is 9.47 Å². The van der Waals surface area contributed by atoms with Gasteiger partial charge in [0.1, 0.15) is 51.7 Å². The second-order valence-corrected chi connectivity index (χ2v) is 22.3. The average Bonchev–Trinajstić information content (AvgIpc) is 0.979. The molecule has 10 rings (SSSR count). The summed E-state index contributed by atoms with van der Waals surface area (Å²) in [6.45, 7) is 8.34. The van der Waals surface area contributed by atoms with Crippen LogP contribution in [0.4, 0.5) is 65.9 Å². The second kappa shape index (κ2) is 30.6. The van der Waals surface area contributed by atoms with Crippen molar-refractivity contribution in [2.24, 2.45) is 5.92 Å². The number of rotatable bonds is 19. The summed E-state index contributed by atoms with van der Waals surface area (Å²) in [6, 6.07) is 39.5. The lowest BCUT2D eigenvalue weighted by molar-refractivity contribution is -0.190. The fourth-order valence-corrected chi connectivity index (χ4v) is 11.0. The molecule has 0 saturated heterocycles. The summed E-state index contributed by atoms with van der Waals surface area (Å²) < 4.78 is 217. The quantitative estimate of drug-likeness (QED) is 0.0456. The van der Waals surface area contributed by atoms with Gasteiger partial charge in [-0.15, -0.1) is 0 Å². The maximum atomic E-state index is 14.9. The van der Waals surface area contributed by atoms with Crippen molar-refractivity contribution in [3.05, 3.63) is 261 Å². The molecule has 1 aliphatic rings. The number of halogens is 15. The van der Waals surface area contributed by atoms with Crippen molar-refractivity contribution >= 4 is 0 Å². The molecule has 2 nitrogen and oxygen atoms in total. The molecule has 0 spiro atoms. The van der Waals surface area contributed by atoms with Gasteiger partial charge in [-0.25, -0.2) is 48.3 Å². The van der Waals surface area contributed by atoms with Crippen LogP contribution in [0.1, 0.15) is 125 Å². The molecule has 9 aromatic carbocycles. The first-order valence-corrected chi connectivity index (χ1v) is 30.0. The minimum Gasteiger partial charge on any atom is -0.429 e. The minimum atomic E-state index is -4.62. The molecule has 0 bridgehead atoms. The van der Waals surface area contributed by atoms with Crippen molar-refractivity contribution in [3.63, 3.8) is 0 Å². The van der Waals surface area contributed by atoms with E-state index in [2.05, 4.69) is 59.7 Å². The summed E-state index contributed by atoms with van der Waals surface area (Å²) >= 11 is 0. The predicted molar refractivity (Wildman–Crippen MR) is 324 cm³/mol. The molecule has 91 heavy (non-hydrogen) atoms. The fraction of sp³-hybridized carbons (Fsp3) is 0.270. The van der Waals surface area contributed by atoms with Gasteiger partial charge in [0.15, 0.2) is 34.9 Å². The lowest BCUT2D eigenvalue weighted by atomic mass is 9.77. The zero-order valence-electron chi connectivity index (χ0n) is 50.2. The van der Waals surface area contributed by atoms with Crippen LogP contribution in [0.15, 0.2) is 164 Å². The summed E-state index contributed by atoms with van der Waals surface area (Å²) in [6.07, 6.45) is 5.15. The Morgan fingerprint density at radius 3 is 1.10 bits per heavy atom. The highest BCUT2D eigenvalue weighted by Gasteiger charge is 2.43. The zero-order chi connectivity index (χ0) is 65.7. The van der Waals surface area contributed by atoms with E-state index in [1.165, 1.54) is 62.5 Å². The molecule has 9 aromatic rings. The molecule has 0 radical (unpaired) electrons. The van der Waals surface area contributed by atoms with Gasteiger partial charge in [-0.3, -0.25) is 0 Å². The summed E-state index contributed by atoms with van der Waals surface area (Å²) in [5.41, 5.74) is 5.73. The van der Waals surface area contributed by atoms with Crippen LogP contribution in [0.25, 0.3) is 44.5 Å². The van der Waals surface area contributed by atoms with Crippen molar-refractivity contribution in [1.82, 2.24) is 0 Å².